The summed E-state index contributed by atoms with van der Waals surface area (Å²) in [4.78, 5) is 0. The van der Waals surface area contributed by atoms with E-state index in [9.17, 15) is 0 Å². The minimum Gasteiger partial charge on any atom is -0.380 e. The highest BCUT2D eigenvalue weighted by molar-refractivity contribution is 4.85. The van der Waals surface area contributed by atoms with Crippen LogP contribution in [0.1, 0.15) is 13.3 Å². The van der Waals surface area contributed by atoms with Crippen molar-refractivity contribution >= 4 is 0 Å². The van der Waals surface area contributed by atoms with Gasteiger partial charge in [-0.15, -0.1) is 0 Å². The summed E-state index contributed by atoms with van der Waals surface area (Å²) in [5.74, 6) is 0. The summed E-state index contributed by atoms with van der Waals surface area (Å²) in [6.45, 7) is 4.75. The monoisotopic (exact) mass is 157 g/mol. The largest absolute Gasteiger partial charge is 0.380 e. The first-order valence-electron chi connectivity index (χ1n) is 4.33. The van der Waals surface area contributed by atoms with Crippen molar-refractivity contribution in [1.29, 1.82) is 0 Å². The molecule has 2 aliphatic heterocycles. The lowest BCUT2D eigenvalue weighted by Crippen LogP contribution is -2.56. The van der Waals surface area contributed by atoms with Crippen LogP contribution in [0.3, 0.4) is 0 Å². The molecule has 2 heterocycles. The number of hydrogen-bond acceptors (Lipinski definition) is 3. The van der Waals surface area contributed by atoms with Crippen LogP contribution in [0, 0.1) is 0 Å². The topological polar surface area (TPSA) is 30.5 Å². The average Bonchev–Trinajstić information content (AvgIpc) is 2.04. The molecule has 3 heteroatoms. The van der Waals surface area contributed by atoms with E-state index in [4.69, 9.17) is 9.47 Å². The van der Waals surface area contributed by atoms with Gasteiger partial charge in [0.25, 0.3) is 0 Å². The Morgan fingerprint density at radius 2 is 2.36 bits per heavy atom. The van der Waals surface area contributed by atoms with Crippen LogP contribution in [0.4, 0.5) is 0 Å². The second kappa shape index (κ2) is 3.09. The first-order valence-corrected chi connectivity index (χ1v) is 4.33. The van der Waals surface area contributed by atoms with Crippen LogP contribution >= 0.6 is 0 Å². The summed E-state index contributed by atoms with van der Waals surface area (Å²) in [5.41, 5.74) is 0. The fourth-order valence-corrected chi connectivity index (χ4v) is 1.74. The van der Waals surface area contributed by atoms with Gasteiger partial charge in [-0.3, -0.25) is 0 Å². The highest BCUT2D eigenvalue weighted by Gasteiger charge is 2.31. The second-order valence-corrected chi connectivity index (χ2v) is 3.36. The van der Waals surface area contributed by atoms with Crippen molar-refractivity contribution in [3.05, 3.63) is 0 Å². The van der Waals surface area contributed by atoms with E-state index in [1.165, 1.54) is 0 Å². The number of fused-ring (bicyclic) bond motifs is 1. The Bertz CT molecular complexity index is 140. The predicted molar refractivity (Wildman–Crippen MR) is 41.6 cm³/mol. The molecule has 0 aliphatic carbocycles. The Morgan fingerprint density at radius 1 is 1.45 bits per heavy atom. The summed E-state index contributed by atoms with van der Waals surface area (Å²) in [5, 5.41) is 3.42. The lowest BCUT2D eigenvalue weighted by molar-refractivity contribution is -0.109. The van der Waals surface area contributed by atoms with Gasteiger partial charge in [-0.2, -0.15) is 0 Å². The van der Waals surface area contributed by atoms with Gasteiger partial charge in [0, 0.05) is 13.2 Å². The zero-order valence-corrected chi connectivity index (χ0v) is 6.88. The number of rotatable bonds is 0. The summed E-state index contributed by atoms with van der Waals surface area (Å²) in [7, 11) is 0. The second-order valence-electron chi connectivity index (χ2n) is 3.36. The Balaban J connectivity index is 1.93. The summed E-state index contributed by atoms with van der Waals surface area (Å²) < 4.78 is 11.1. The van der Waals surface area contributed by atoms with E-state index in [0.29, 0.717) is 18.2 Å². The highest BCUT2D eigenvalue weighted by Crippen LogP contribution is 2.17. The molecular formula is C8H15NO2. The standard InChI is InChI=1S/C8H15NO2/c1-6-4-9-7-5-10-3-2-8(7)11-6/h6-9H,2-5H2,1H3/t6-,7-,8+/m1/s1. The van der Waals surface area contributed by atoms with Gasteiger partial charge in [-0.05, 0) is 13.3 Å². The zero-order chi connectivity index (χ0) is 7.68. The molecule has 2 saturated heterocycles. The maximum Gasteiger partial charge on any atom is 0.0776 e. The van der Waals surface area contributed by atoms with Gasteiger partial charge in [0.15, 0.2) is 0 Å². The van der Waals surface area contributed by atoms with Crippen molar-refractivity contribution in [1.82, 2.24) is 5.32 Å². The smallest absolute Gasteiger partial charge is 0.0776 e. The molecular weight excluding hydrogens is 142 g/mol. The van der Waals surface area contributed by atoms with Crippen molar-refractivity contribution in [2.45, 2.75) is 31.6 Å². The molecule has 2 aliphatic rings. The third kappa shape index (κ3) is 1.55. The fourth-order valence-electron chi connectivity index (χ4n) is 1.74. The number of hydrogen-bond donors (Lipinski definition) is 1. The minimum absolute atomic E-state index is 0.370. The number of nitrogens with one attached hydrogen (secondary N) is 1. The Kier molecular flexibility index (Phi) is 2.11. The Morgan fingerprint density at radius 3 is 3.27 bits per heavy atom. The number of ether oxygens (including phenoxy) is 2. The van der Waals surface area contributed by atoms with E-state index in [-0.39, 0.29) is 0 Å². The molecule has 3 nitrogen and oxygen atoms in total. The summed E-state index contributed by atoms with van der Waals surface area (Å²) >= 11 is 0. The highest BCUT2D eigenvalue weighted by atomic mass is 16.5. The van der Waals surface area contributed by atoms with E-state index in [1.54, 1.807) is 0 Å². The molecule has 11 heavy (non-hydrogen) atoms. The normalized spacial score (nSPS) is 45.0. The average molecular weight is 157 g/mol. The summed E-state index contributed by atoms with van der Waals surface area (Å²) in [6, 6.07) is 0.444. The van der Waals surface area contributed by atoms with Crippen LogP contribution in [0.5, 0.6) is 0 Å². The SMILES string of the molecule is C[C@@H]1CN[C@@H]2COCC[C@@H]2O1. The van der Waals surface area contributed by atoms with Gasteiger partial charge in [0.2, 0.25) is 0 Å². The van der Waals surface area contributed by atoms with Gasteiger partial charge in [-0.1, -0.05) is 0 Å². The van der Waals surface area contributed by atoms with Crippen LogP contribution in [0.25, 0.3) is 0 Å². The quantitative estimate of drug-likeness (QED) is 0.543. The summed E-state index contributed by atoms with van der Waals surface area (Å²) in [6.07, 6.45) is 1.81. The lowest BCUT2D eigenvalue weighted by atomic mass is 10.0. The molecule has 2 rings (SSSR count). The van der Waals surface area contributed by atoms with Crippen LogP contribution in [0.15, 0.2) is 0 Å². The van der Waals surface area contributed by atoms with Gasteiger partial charge in [0.05, 0.1) is 24.9 Å². The van der Waals surface area contributed by atoms with Crippen LogP contribution in [-0.2, 0) is 9.47 Å². The van der Waals surface area contributed by atoms with Crippen LogP contribution in [-0.4, -0.2) is 38.0 Å². The van der Waals surface area contributed by atoms with Crippen molar-refractivity contribution in [3.8, 4) is 0 Å². The molecule has 0 saturated carbocycles. The Labute approximate surface area is 67.1 Å². The zero-order valence-electron chi connectivity index (χ0n) is 6.88. The molecule has 0 spiro atoms. The lowest BCUT2D eigenvalue weighted by Gasteiger charge is -2.38. The predicted octanol–water partition coefficient (Wildman–Crippen LogP) is 0.152. The van der Waals surface area contributed by atoms with Gasteiger partial charge in [-0.25, -0.2) is 0 Å². The van der Waals surface area contributed by atoms with E-state index in [2.05, 4.69) is 12.2 Å². The van der Waals surface area contributed by atoms with Crippen molar-refractivity contribution < 1.29 is 9.47 Å². The first-order chi connectivity index (χ1) is 5.36. The molecule has 0 amide bonds. The minimum atomic E-state index is 0.370. The van der Waals surface area contributed by atoms with E-state index in [0.717, 1.165) is 26.2 Å². The Hall–Kier alpha value is -0.120. The van der Waals surface area contributed by atoms with E-state index >= 15 is 0 Å². The third-order valence-electron chi connectivity index (χ3n) is 2.37. The van der Waals surface area contributed by atoms with Crippen LogP contribution in [0.2, 0.25) is 0 Å². The third-order valence-corrected chi connectivity index (χ3v) is 2.37. The molecule has 64 valence electrons. The maximum absolute atomic E-state index is 5.75. The molecule has 2 fully saturated rings. The van der Waals surface area contributed by atoms with Gasteiger partial charge < -0.3 is 14.8 Å². The van der Waals surface area contributed by atoms with Crippen molar-refractivity contribution in [2.75, 3.05) is 19.8 Å². The van der Waals surface area contributed by atoms with Crippen molar-refractivity contribution in [2.24, 2.45) is 0 Å². The van der Waals surface area contributed by atoms with Gasteiger partial charge >= 0.3 is 0 Å². The molecule has 0 bridgehead atoms. The molecule has 0 aromatic heterocycles. The van der Waals surface area contributed by atoms with Gasteiger partial charge in [0.1, 0.15) is 0 Å². The molecule has 0 radical (unpaired) electrons. The van der Waals surface area contributed by atoms with Crippen molar-refractivity contribution in [3.63, 3.8) is 0 Å². The molecule has 1 N–H and O–H groups in total. The van der Waals surface area contributed by atoms with E-state index in [1.807, 2.05) is 0 Å². The molecule has 0 aromatic rings. The molecule has 0 aromatic carbocycles. The molecule has 0 unspecified atom stereocenters. The number of morpholine rings is 1. The van der Waals surface area contributed by atoms with Crippen LogP contribution < -0.4 is 5.32 Å². The first kappa shape index (κ1) is 7.53. The molecule has 3 atom stereocenters. The van der Waals surface area contributed by atoms with E-state index < -0.39 is 0 Å². The maximum atomic E-state index is 5.75. The fraction of sp³-hybridized carbons (Fsp3) is 1.00.